The van der Waals surface area contributed by atoms with Crippen LogP contribution in [0.5, 0.6) is 5.75 Å². The molecule has 0 spiro atoms. The molecule has 1 unspecified atom stereocenters. The van der Waals surface area contributed by atoms with Gasteiger partial charge in [-0.1, -0.05) is 54.4 Å². The van der Waals surface area contributed by atoms with Crippen LogP contribution in [0.25, 0.3) is 0 Å². The minimum atomic E-state index is 0.472. The zero-order chi connectivity index (χ0) is 18.4. The van der Waals surface area contributed by atoms with E-state index < -0.39 is 0 Å². The van der Waals surface area contributed by atoms with E-state index >= 15 is 0 Å². The number of nitrogens with one attached hydrogen (secondary N) is 1. The van der Waals surface area contributed by atoms with Gasteiger partial charge in [-0.2, -0.15) is 0 Å². The van der Waals surface area contributed by atoms with Crippen molar-refractivity contribution in [3.8, 4) is 5.75 Å². The van der Waals surface area contributed by atoms with Gasteiger partial charge in [-0.15, -0.1) is 0 Å². The quantitative estimate of drug-likeness (QED) is 0.672. The Hall–Kier alpha value is -1.26. The SMILES string of the molecule is CCN1CCCC1CNCc1ccccc1OCc1ccc(Cl)c(Cl)c1. The zero-order valence-electron chi connectivity index (χ0n) is 15.2. The summed E-state index contributed by atoms with van der Waals surface area (Å²) in [6.45, 7) is 6.91. The Morgan fingerprint density at radius 3 is 2.81 bits per heavy atom. The van der Waals surface area contributed by atoms with Crippen molar-refractivity contribution in [3.05, 3.63) is 63.6 Å². The normalized spacial score (nSPS) is 17.6. The van der Waals surface area contributed by atoms with Gasteiger partial charge in [-0.05, 0) is 49.7 Å². The van der Waals surface area contributed by atoms with Crippen molar-refractivity contribution in [2.24, 2.45) is 0 Å². The van der Waals surface area contributed by atoms with E-state index in [9.17, 15) is 0 Å². The van der Waals surface area contributed by atoms with Gasteiger partial charge in [0.1, 0.15) is 12.4 Å². The van der Waals surface area contributed by atoms with Crippen molar-refractivity contribution in [1.29, 1.82) is 0 Å². The summed E-state index contributed by atoms with van der Waals surface area (Å²) >= 11 is 12.1. The van der Waals surface area contributed by atoms with Crippen molar-refractivity contribution in [1.82, 2.24) is 10.2 Å². The first-order chi connectivity index (χ1) is 12.7. The molecule has 5 heteroatoms. The Kier molecular flexibility index (Phi) is 7.21. The monoisotopic (exact) mass is 392 g/mol. The maximum Gasteiger partial charge on any atom is 0.124 e. The molecule has 0 radical (unpaired) electrons. The van der Waals surface area contributed by atoms with Gasteiger partial charge in [0, 0.05) is 24.7 Å². The third-order valence-corrected chi connectivity index (χ3v) is 5.69. The number of likely N-dealkylation sites (tertiary alicyclic amines) is 1. The third-order valence-electron chi connectivity index (χ3n) is 4.95. The number of hydrogen-bond acceptors (Lipinski definition) is 3. The highest BCUT2D eigenvalue weighted by Crippen LogP contribution is 2.24. The summed E-state index contributed by atoms with van der Waals surface area (Å²) in [5.74, 6) is 0.907. The second-order valence-corrected chi connectivity index (χ2v) is 7.51. The Balaban J connectivity index is 1.55. The van der Waals surface area contributed by atoms with E-state index in [-0.39, 0.29) is 0 Å². The van der Waals surface area contributed by atoms with Crippen LogP contribution in [0.3, 0.4) is 0 Å². The molecular weight excluding hydrogens is 367 g/mol. The van der Waals surface area contributed by atoms with Gasteiger partial charge in [-0.25, -0.2) is 0 Å². The molecule has 0 aromatic heterocycles. The molecule has 0 saturated carbocycles. The predicted molar refractivity (Wildman–Crippen MR) is 109 cm³/mol. The predicted octanol–water partition coefficient (Wildman–Crippen LogP) is 5.15. The van der Waals surface area contributed by atoms with Gasteiger partial charge < -0.3 is 10.1 Å². The Labute approximate surface area is 166 Å². The van der Waals surface area contributed by atoms with Crippen molar-refractivity contribution in [2.45, 2.75) is 39.0 Å². The first kappa shape index (κ1) is 19.5. The number of para-hydroxylation sites is 1. The molecule has 0 aliphatic carbocycles. The Morgan fingerprint density at radius 1 is 1.15 bits per heavy atom. The van der Waals surface area contributed by atoms with Crippen LogP contribution in [0, 0.1) is 0 Å². The molecule has 1 fully saturated rings. The summed E-state index contributed by atoms with van der Waals surface area (Å²) in [6.07, 6.45) is 2.60. The topological polar surface area (TPSA) is 24.5 Å². The highest BCUT2D eigenvalue weighted by atomic mass is 35.5. The van der Waals surface area contributed by atoms with Crippen LogP contribution < -0.4 is 10.1 Å². The smallest absolute Gasteiger partial charge is 0.124 e. The van der Waals surface area contributed by atoms with E-state index in [0.717, 1.165) is 30.9 Å². The van der Waals surface area contributed by atoms with Crippen LogP contribution in [-0.2, 0) is 13.2 Å². The summed E-state index contributed by atoms with van der Waals surface area (Å²) in [7, 11) is 0. The van der Waals surface area contributed by atoms with E-state index in [1.165, 1.54) is 24.9 Å². The van der Waals surface area contributed by atoms with Crippen LogP contribution in [0.1, 0.15) is 30.9 Å². The zero-order valence-corrected chi connectivity index (χ0v) is 16.7. The molecule has 1 N–H and O–H groups in total. The number of benzene rings is 2. The second kappa shape index (κ2) is 9.61. The average Bonchev–Trinajstić information content (AvgIpc) is 3.11. The summed E-state index contributed by atoms with van der Waals surface area (Å²) in [5.41, 5.74) is 2.18. The molecule has 1 aliphatic heterocycles. The molecule has 26 heavy (non-hydrogen) atoms. The molecule has 1 atom stereocenters. The lowest BCUT2D eigenvalue weighted by Crippen LogP contribution is -2.37. The molecule has 2 aromatic rings. The molecule has 1 aliphatic rings. The minimum absolute atomic E-state index is 0.472. The molecule has 140 valence electrons. The average molecular weight is 393 g/mol. The summed E-state index contributed by atoms with van der Waals surface area (Å²) in [6, 6.07) is 14.4. The maximum atomic E-state index is 6.08. The molecule has 0 bridgehead atoms. The second-order valence-electron chi connectivity index (χ2n) is 6.70. The van der Waals surface area contributed by atoms with Gasteiger partial charge in [0.05, 0.1) is 10.0 Å². The van der Waals surface area contributed by atoms with Crippen LogP contribution in [0.4, 0.5) is 0 Å². The van der Waals surface area contributed by atoms with E-state index in [4.69, 9.17) is 27.9 Å². The third kappa shape index (κ3) is 5.14. The maximum absolute atomic E-state index is 6.08. The Bertz CT molecular complexity index is 723. The lowest BCUT2D eigenvalue weighted by molar-refractivity contribution is 0.259. The highest BCUT2D eigenvalue weighted by molar-refractivity contribution is 6.42. The van der Waals surface area contributed by atoms with E-state index in [0.29, 0.717) is 22.7 Å². The lowest BCUT2D eigenvalue weighted by Gasteiger charge is -2.23. The molecule has 3 rings (SSSR count). The number of likely N-dealkylation sites (N-methyl/N-ethyl adjacent to an activating group) is 1. The van der Waals surface area contributed by atoms with Crippen molar-refractivity contribution < 1.29 is 4.74 Å². The fourth-order valence-corrected chi connectivity index (χ4v) is 3.82. The number of hydrogen-bond donors (Lipinski definition) is 1. The Morgan fingerprint density at radius 2 is 2.00 bits per heavy atom. The number of halogens is 2. The van der Waals surface area contributed by atoms with E-state index in [2.05, 4.69) is 29.3 Å². The van der Waals surface area contributed by atoms with Crippen LogP contribution in [0.2, 0.25) is 10.0 Å². The van der Waals surface area contributed by atoms with Crippen LogP contribution in [0.15, 0.2) is 42.5 Å². The number of ether oxygens (including phenoxy) is 1. The van der Waals surface area contributed by atoms with Gasteiger partial charge in [0.15, 0.2) is 0 Å². The molecule has 2 aromatic carbocycles. The first-order valence-electron chi connectivity index (χ1n) is 9.26. The van der Waals surface area contributed by atoms with Gasteiger partial charge in [-0.3, -0.25) is 4.90 Å². The molecular formula is C21H26Cl2N2O. The highest BCUT2D eigenvalue weighted by Gasteiger charge is 2.22. The first-order valence-corrected chi connectivity index (χ1v) is 10.0. The fourth-order valence-electron chi connectivity index (χ4n) is 3.50. The van der Waals surface area contributed by atoms with E-state index in [1.54, 1.807) is 6.07 Å². The van der Waals surface area contributed by atoms with Gasteiger partial charge in [0.25, 0.3) is 0 Å². The van der Waals surface area contributed by atoms with E-state index in [1.807, 2.05) is 24.3 Å². The molecule has 0 amide bonds. The molecule has 3 nitrogen and oxygen atoms in total. The fraction of sp³-hybridized carbons (Fsp3) is 0.429. The van der Waals surface area contributed by atoms with Gasteiger partial charge >= 0.3 is 0 Å². The molecule has 1 heterocycles. The van der Waals surface area contributed by atoms with Crippen LogP contribution >= 0.6 is 23.2 Å². The van der Waals surface area contributed by atoms with Crippen molar-refractivity contribution in [3.63, 3.8) is 0 Å². The summed E-state index contributed by atoms with van der Waals surface area (Å²) < 4.78 is 6.03. The summed E-state index contributed by atoms with van der Waals surface area (Å²) in [4.78, 5) is 2.56. The lowest BCUT2D eigenvalue weighted by atomic mass is 10.1. The number of rotatable bonds is 8. The van der Waals surface area contributed by atoms with Crippen LogP contribution in [-0.4, -0.2) is 30.6 Å². The summed E-state index contributed by atoms with van der Waals surface area (Å²) in [5, 5.41) is 4.72. The van der Waals surface area contributed by atoms with Crippen molar-refractivity contribution in [2.75, 3.05) is 19.6 Å². The largest absolute Gasteiger partial charge is 0.489 e. The van der Waals surface area contributed by atoms with Gasteiger partial charge in [0.2, 0.25) is 0 Å². The minimum Gasteiger partial charge on any atom is -0.489 e. The molecule has 1 saturated heterocycles. The number of nitrogens with zero attached hydrogens (tertiary/aromatic N) is 1. The standard InChI is InChI=1S/C21H26Cl2N2O/c1-2-25-11-5-7-18(25)14-24-13-17-6-3-4-8-21(17)26-15-16-9-10-19(22)20(23)12-16/h3-4,6,8-10,12,18,24H,2,5,7,11,13-15H2,1H3. The van der Waals surface area contributed by atoms with Crippen molar-refractivity contribution >= 4 is 23.2 Å².